The van der Waals surface area contributed by atoms with Crippen LogP contribution in [0.2, 0.25) is 0 Å². The van der Waals surface area contributed by atoms with Crippen molar-refractivity contribution in [1.29, 1.82) is 0 Å². The van der Waals surface area contributed by atoms with Crippen molar-refractivity contribution in [3.8, 4) is 0 Å². The Kier molecular flexibility index (Phi) is 3.69. The van der Waals surface area contributed by atoms with Crippen LogP contribution >= 0.6 is 0 Å². The van der Waals surface area contributed by atoms with E-state index >= 15 is 0 Å². The number of benzene rings is 2. The van der Waals surface area contributed by atoms with E-state index in [2.05, 4.69) is 29.2 Å². The Morgan fingerprint density at radius 2 is 2.00 bits per heavy atom. The predicted molar refractivity (Wildman–Crippen MR) is 79.2 cm³/mol. The van der Waals surface area contributed by atoms with Crippen LogP contribution in [-0.2, 0) is 11.2 Å². The third kappa shape index (κ3) is 2.79. The van der Waals surface area contributed by atoms with Gasteiger partial charge < -0.3 is 9.15 Å². The summed E-state index contributed by atoms with van der Waals surface area (Å²) in [6, 6.07) is 14.3. The van der Waals surface area contributed by atoms with Crippen LogP contribution in [0.4, 0.5) is 0 Å². The smallest absolute Gasteiger partial charge is 0.360 e. The van der Waals surface area contributed by atoms with E-state index in [1.165, 1.54) is 11.8 Å². The van der Waals surface area contributed by atoms with E-state index in [0.717, 1.165) is 10.9 Å². The maximum atomic E-state index is 11.8. The molecular formula is C17H15NO3. The molecule has 3 aromatic rings. The zero-order valence-corrected chi connectivity index (χ0v) is 11.7. The second-order valence-corrected chi connectivity index (χ2v) is 4.70. The summed E-state index contributed by atoms with van der Waals surface area (Å²) in [5.74, 6) is 0.0887. The third-order valence-corrected chi connectivity index (χ3v) is 3.29. The highest BCUT2D eigenvalue weighted by Crippen LogP contribution is 2.19. The fraction of sp³-hybridized carbons (Fsp3) is 0.176. The lowest BCUT2D eigenvalue weighted by Gasteiger charge is -2.04. The van der Waals surface area contributed by atoms with E-state index in [1.807, 2.05) is 18.2 Å². The minimum atomic E-state index is -0.443. The van der Waals surface area contributed by atoms with Crippen molar-refractivity contribution in [3.05, 3.63) is 65.9 Å². The van der Waals surface area contributed by atoms with E-state index in [9.17, 15) is 4.79 Å². The van der Waals surface area contributed by atoms with Crippen LogP contribution in [0.15, 0.2) is 53.3 Å². The number of aromatic nitrogens is 1. The number of hydrogen-bond acceptors (Lipinski definition) is 4. The van der Waals surface area contributed by atoms with Gasteiger partial charge in [-0.25, -0.2) is 9.78 Å². The van der Waals surface area contributed by atoms with Gasteiger partial charge in [-0.05, 0) is 23.3 Å². The minimum absolute atomic E-state index is 0.255. The fourth-order valence-electron chi connectivity index (χ4n) is 2.30. The Morgan fingerprint density at radius 3 is 2.81 bits per heavy atom. The van der Waals surface area contributed by atoms with Gasteiger partial charge in [0.2, 0.25) is 0 Å². The largest absolute Gasteiger partial charge is 0.461 e. The molecular weight excluding hydrogens is 266 g/mol. The van der Waals surface area contributed by atoms with Gasteiger partial charge >= 0.3 is 5.97 Å². The molecule has 106 valence electrons. The molecule has 0 atom stereocenters. The summed E-state index contributed by atoms with van der Waals surface area (Å²) < 4.78 is 10.3. The number of nitrogens with zero attached hydrogens (tertiary/aromatic N) is 1. The summed E-state index contributed by atoms with van der Waals surface area (Å²) >= 11 is 0. The van der Waals surface area contributed by atoms with E-state index in [1.54, 1.807) is 6.92 Å². The SMILES string of the molecule is CCOC(=O)c1ncoc1Cc1ccc2ccccc2c1. The van der Waals surface area contributed by atoms with Gasteiger partial charge in [-0.15, -0.1) is 0 Å². The predicted octanol–water partition coefficient (Wildman–Crippen LogP) is 3.60. The van der Waals surface area contributed by atoms with Crippen LogP contribution in [0.5, 0.6) is 0 Å². The van der Waals surface area contributed by atoms with Gasteiger partial charge in [0.1, 0.15) is 5.76 Å². The first kappa shape index (κ1) is 13.4. The maximum absolute atomic E-state index is 11.8. The number of carbonyl (C=O) groups excluding carboxylic acids is 1. The van der Waals surface area contributed by atoms with Crippen LogP contribution in [0, 0.1) is 0 Å². The molecule has 2 aromatic carbocycles. The molecule has 0 N–H and O–H groups in total. The van der Waals surface area contributed by atoms with Gasteiger partial charge in [-0.2, -0.15) is 0 Å². The molecule has 0 saturated heterocycles. The summed E-state index contributed by atoms with van der Waals surface area (Å²) in [6.07, 6.45) is 1.79. The van der Waals surface area contributed by atoms with E-state index in [0.29, 0.717) is 18.8 Å². The van der Waals surface area contributed by atoms with Crippen molar-refractivity contribution in [1.82, 2.24) is 4.98 Å². The number of hydrogen-bond donors (Lipinski definition) is 0. The molecule has 4 nitrogen and oxygen atoms in total. The Labute approximate surface area is 122 Å². The average molecular weight is 281 g/mol. The van der Waals surface area contributed by atoms with Crippen LogP contribution in [0.1, 0.15) is 28.7 Å². The molecule has 4 heteroatoms. The lowest BCUT2D eigenvalue weighted by Crippen LogP contribution is -2.08. The van der Waals surface area contributed by atoms with Gasteiger partial charge in [-0.1, -0.05) is 42.5 Å². The second kappa shape index (κ2) is 5.79. The average Bonchev–Trinajstić information content (AvgIpc) is 2.95. The molecule has 21 heavy (non-hydrogen) atoms. The molecule has 0 aliphatic carbocycles. The zero-order valence-electron chi connectivity index (χ0n) is 11.7. The van der Waals surface area contributed by atoms with Gasteiger partial charge in [0.05, 0.1) is 6.61 Å². The van der Waals surface area contributed by atoms with Crippen LogP contribution in [-0.4, -0.2) is 17.6 Å². The number of oxazole rings is 1. The number of fused-ring (bicyclic) bond motifs is 1. The molecule has 0 radical (unpaired) electrons. The normalized spacial score (nSPS) is 10.7. The van der Waals surface area contributed by atoms with E-state index in [4.69, 9.17) is 9.15 Å². The number of carbonyl (C=O) groups is 1. The quantitative estimate of drug-likeness (QED) is 0.686. The molecule has 3 rings (SSSR count). The van der Waals surface area contributed by atoms with Crippen molar-refractivity contribution >= 4 is 16.7 Å². The van der Waals surface area contributed by atoms with E-state index in [-0.39, 0.29) is 5.69 Å². The molecule has 0 unspecified atom stereocenters. The first-order chi connectivity index (χ1) is 10.3. The summed E-state index contributed by atoms with van der Waals surface area (Å²) in [7, 11) is 0. The Bertz CT molecular complexity index is 776. The van der Waals surface area contributed by atoms with Gasteiger partial charge in [0.25, 0.3) is 0 Å². The molecule has 1 aromatic heterocycles. The summed E-state index contributed by atoms with van der Waals surface area (Å²) in [4.78, 5) is 15.7. The third-order valence-electron chi connectivity index (χ3n) is 3.29. The van der Waals surface area contributed by atoms with Crippen LogP contribution < -0.4 is 0 Å². The second-order valence-electron chi connectivity index (χ2n) is 4.70. The molecule has 0 spiro atoms. The Balaban J connectivity index is 1.88. The van der Waals surface area contributed by atoms with Crippen molar-refractivity contribution in [2.75, 3.05) is 6.61 Å². The Hall–Kier alpha value is -2.62. The number of esters is 1. The molecule has 1 heterocycles. The molecule has 0 amide bonds. The Morgan fingerprint density at radius 1 is 1.19 bits per heavy atom. The van der Waals surface area contributed by atoms with Crippen molar-refractivity contribution in [2.45, 2.75) is 13.3 Å². The van der Waals surface area contributed by atoms with Crippen LogP contribution in [0.25, 0.3) is 10.8 Å². The summed E-state index contributed by atoms with van der Waals surface area (Å²) in [5.41, 5.74) is 1.32. The summed E-state index contributed by atoms with van der Waals surface area (Å²) in [5, 5.41) is 2.34. The van der Waals surface area contributed by atoms with Crippen molar-refractivity contribution < 1.29 is 13.9 Å². The van der Waals surface area contributed by atoms with Crippen LogP contribution in [0.3, 0.4) is 0 Å². The zero-order chi connectivity index (χ0) is 14.7. The van der Waals surface area contributed by atoms with Crippen molar-refractivity contribution in [2.24, 2.45) is 0 Å². The lowest BCUT2D eigenvalue weighted by atomic mass is 10.0. The molecule has 0 bridgehead atoms. The first-order valence-electron chi connectivity index (χ1n) is 6.85. The van der Waals surface area contributed by atoms with E-state index < -0.39 is 5.97 Å². The number of ether oxygens (including phenoxy) is 1. The first-order valence-corrected chi connectivity index (χ1v) is 6.85. The summed E-state index contributed by atoms with van der Waals surface area (Å²) in [6.45, 7) is 2.09. The van der Waals surface area contributed by atoms with Gasteiger partial charge in [0, 0.05) is 6.42 Å². The molecule has 0 aliphatic heterocycles. The topological polar surface area (TPSA) is 52.3 Å². The van der Waals surface area contributed by atoms with Gasteiger partial charge in [0.15, 0.2) is 12.1 Å². The minimum Gasteiger partial charge on any atom is -0.461 e. The van der Waals surface area contributed by atoms with Gasteiger partial charge in [-0.3, -0.25) is 0 Å². The molecule has 0 saturated carbocycles. The fourth-order valence-corrected chi connectivity index (χ4v) is 2.30. The highest BCUT2D eigenvalue weighted by atomic mass is 16.5. The standard InChI is InChI=1S/C17H15NO3/c1-2-20-17(19)16-15(21-11-18-16)10-12-7-8-13-5-3-4-6-14(13)9-12/h3-9,11H,2,10H2,1H3. The monoisotopic (exact) mass is 281 g/mol. The highest BCUT2D eigenvalue weighted by molar-refractivity contribution is 5.88. The lowest BCUT2D eigenvalue weighted by molar-refractivity contribution is 0.0518. The van der Waals surface area contributed by atoms with Crippen molar-refractivity contribution in [3.63, 3.8) is 0 Å². The molecule has 0 aliphatic rings. The number of rotatable bonds is 4. The maximum Gasteiger partial charge on any atom is 0.360 e. The molecule has 0 fully saturated rings. The highest BCUT2D eigenvalue weighted by Gasteiger charge is 2.18.